The summed E-state index contributed by atoms with van der Waals surface area (Å²) in [6, 6.07) is 16.0. The summed E-state index contributed by atoms with van der Waals surface area (Å²) in [4.78, 5) is 13.8. The van der Waals surface area contributed by atoms with Crippen LogP contribution in [0.25, 0.3) is 0 Å². The molecule has 0 N–H and O–H groups in total. The van der Waals surface area contributed by atoms with Gasteiger partial charge in [-0.3, -0.25) is 4.79 Å². The molecule has 2 aromatic rings. The molecule has 0 unspecified atom stereocenters. The van der Waals surface area contributed by atoms with Crippen LogP contribution in [0.4, 0.5) is 0 Å². The lowest BCUT2D eigenvalue weighted by Crippen LogP contribution is -1.95. The third kappa shape index (κ3) is 3.47. The van der Waals surface area contributed by atoms with Gasteiger partial charge in [-0.15, -0.1) is 0 Å². The highest BCUT2D eigenvalue weighted by atomic mass is 79.9. The van der Waals surface area contributed by atoms with E-state index in [4.69, 9.17) is 0 Å². The molecular weight excluding hydrogens is 308 g/mol. The zero-order valence-corrected chi connectivity index (χ0v) is 12.4. The highest BCUT2D eigenvalue weighted by Gasteiger charge is 2.03. The molecule has 0 spiro atoms. The Morgan fingerprint density at radius 3 is 2.00 bits per heavy atom. The molecule has 2 aromatic carbocycles. The minimum atomic E-state index is 0.190. The Bertz CT molecular complexity index is 531. The van der Waals surface area contributed by atoms with Gasteiger partial charge in [0.2, 0.25) is 0 Å². The van der Waals surface area contributed by atoms with E-state index in [2.05, 4.69) is 28.1 Å². The summed E-state index contributed by atoms with van der Waals surface area (Å²) in [5.74, 6) is 0.190. The quantitative estimate of drug-likeness (QED) is 0.721. The number of hydrogen-bond acceptors (Lipinski definition) is 2. The smallest absolute Gasteiger partial charge is 0.162 e. The van der Waals surface area contributed by atoms with Gasteiger partial charge >= 0.3 is 0 Å². The molecule has 3 heteroatoms. The number of benzene rings is 2. The molecular formula is C15H13BrOS. The number of halogens is 1. The van der Waals surface area contributed by atoms with Crippen molar-refractivity contribution in [3.05, 3.63) is 58.6 Å². The van der Waals surface area contributed by atoms with Crippen molar-refractivity contribution in [1.82, 2.24) is 0 Å². The second-order valence-corrected chi connectivity index (χ2v) is 5.92. The van der Waals surface area contributed by atoms with E-state index in [0.717, 1.165) is 14.9 Å². The Balaban J connectivity index is 2.10. The van der Waals surface area contributed by atoms with Gasteiger partial charge in [-0.1, -0.05) is 46.7 Å². The monoisotopic (exact) mass is 320 g/mol. The van der Waals surface area contributed by atoms with Crippen LogP contribution in [0.5, 0.6) is 0 Å². The first-order valence-electron chi connectivity index (χ1n) is 5.75. The maximum atomic E-state index is 11.5. The number of hydrogen-bond donors (Lipinski definition) is 0. The van der Waals surface area contributed by atoms with Crippen molar-refractivity contribution < 1.29 is 4.79 Å². The number of ketones is 1. The topological polar surface area (TPSA) is 17.1 Å². The van der Waals surface area contributed by atoms with E-state index in [1.165, 1.54) is 4.90 Å². The number of carbonyl (C=O) groups excluding carboxylic acids is 1. The van der Waals surface area contributed by atoms with E-state index in [1.54, 1.807) is 11.8 Å². The second kappa shape index (κ2) is 6.21. The lowest BCUT2D eigenvalue weighted by Gasteiger charge is -2.03. The van der Waals surface area contributed by atoms with Crippen molar-refractivity contribution in [2.24, 2.45) is 0 Å². The van der Waals surface area contributed by atoms with Crippen LogP contribution in [-0.2, 0) is 0 Å². The Labute approximate surface area is 120 Å². The highest BCUT2D eigenvalue weighted by molar-refractivity contribution is 9.10. The molecule has 0 atom stereocenters. The predicted octanol–water partition coefficient (Wildman–Crippen LogP) is 5.19. The average Bonchev–Trinajstić information content (AvgIpc) is 2.41. The molecule has 1 nitrogen and oxygen atoms in total. The summed E-state index contributed by atoms with van der Waals surface area (Å²) in [5, 5.41) is 0. The van der Waals surface area contributed by atoms with Gasteiger partial charge in [-0.25, -0.2) is 0 Å². The molecule has 0 aromatic heterocycles. The molecule has 0 heterocycles. The maximum Gasteiger partial charge on any atom is 0.162 e. The minimum absolute atomic E-state index is 0.190. The van der Waals surface area contributed by atoms with Gasteiger partial charge in [0.25, 0.3) is 0 Å². The molecule has 0 aliphatic carbocycles. The molecule has 92 valence electrons. The number of Topliss-reactive ketones (excluding diaryl/α,β-unsaturated/α-hetero) is 1. The normalized spacial score (nSPS) is 10.3. The summed E-state index contributed by atoms with van der Waals surface area (Å²) in [6.07, 6.45) is 0.555. The fourth-order valence-electron chi connectivity index (χ4n) is 1.55. The average molecular weight is 321 g/mol. The summed E-state index contributed by atoms with van der Waals surface area (Å²) in [6.45, 7) is 1.88. The van der Waals surface area contributed by atoms with E-state index < -0.39 is 0 Å². The Morgan fingerprint density at radius 1 is 1.00 bits per heavy atom. The van der Waals surface area contributed by atoms with Gasteiger partial charge in [-0.2, -0.15) is 0 Å². The molecule has 18 heavy (non-hydrogen) atoms. The third-order valence-electron chi connectivity index (χ3n) is 2.55. The lowest BCUT2D eigenvalue weighted by molar-refractivity contribution is 0.0988. The van der Waals surface area contributed by atoms with Crippen LogP contribution in [0, 0.1) is 0 Å². The lowest BCUT2D eigenvalue weighted by atomic mass is 10.1. The fourth-order valence-corrected chi connectivity index (χ4v) is 2.63. The summed E-state index contributed by atoms with van der Waals surface area (Å²) in [5.41, 5.74) is 0.789. The molecule has 0 aliphatic rings. The van der Waals surface area contributed by atoms with Crippen LogP contribution in [0.1, 0.15) is 23.7 Å². The van der Waals surface area contributed by atoms with Gasteiger partial charge < -0.3 is 0 Å². The van der Waals surface area contributed by atoms with Crippen LogP contribution >= 0.6 is 27.7 Å². The first kappa shape index (κ1) is 13.4. The molecule has 0 bridgehead atoms. The maximum absolute atomic E-state index is 11.5. The van der Waals surface area contributed by atoms with Crippen molar-refractivity contribution in [2.75, 3.05) is 0 Å². The van der Waals surface area contributed by atoms with E-state index in [9.17, 15) is 4.79 Å². The molecule has 0 fully saturated rings. The Kier molecular flexibility index (Phi) is 4.61. The summed E-state index contributed by atoms with van der Waals surface area (Å²) in [7, 11) is 0. The van der Waals surface area contributed by atoms with Crippen LogP contribution in [0.2, 0.25) is 0 Å². The van der Waals surface area contributed by atoms with Crippen LogP contribution in [0.3, 0.4) is 0 Å². The van der Waals surface area contributed by atoms with Gasteiger partial charge in [-0.05, 0) is 36.4 Å². The minimum Gasteiger partial charge on any atom is -0.294 e. The molecule has 0 saturated heterocycles. The first-order chi connectivity index (χ1) is 8.69. The van der Waals surface area contributed by atoms with Gasteiger partial charge in [0.15, 0.2) is 5.78 Å². The van der Waals surface area contributed by atoms with Crippen molar-refractivity contribution >= 4 is 33.5 Å². The van der Waals surface area contributed by atoms with Crippen LogP contribution < -0.4 is 0 Å². The van der Waals surface area contributed by atoms with Crippen molar-refractivity contribution in [2.45, 2.75) is 23.1 Å². The van der Waals surface area contributed by atoms with Gasteiger partial charge in [0.1, 0.15) is 0 Å². The Hall–Kier alpha value is -1.06. The zero-order valence-electron chi connectivity index (χ0n) is 10.0. The number of carbonyl (C=O) groups is 1. The van der Waals surface area contributed by atoms with E-state index in [-0.39, 0.29) is 5.78 Å². The van der Waals surface area contributed by atoms with Crippen LogP contribution in [0.15, 0.2) is 62.8 Å². The van der Waals surface area contributed by atoms with Gasteiger partial charge in [0.05, 0.1) is 0 Å². The molecule has 2 rings (SSSR count). The van der Waals surface area contributed by atoms with Crippen molar-refractivity contribution in [1.29, 1.82) is 0 Å². The van der Waals surface area contributed by atoms with Crippen molar-refractivity contribution in [3.8, 4) is 0 Å². The van der Waals surface area contributed by atoms with Crippen LogP contribution in [-0.4, -0.2) is 5.78 Å². The van der Waals surface area contributed by atoms with E-state index >= 15 is 0 Å². The summed E-state index contributed by atoms with van der Waals surface area (Å²) < 4.78 is 1.08. The second-order valence-electron chi connectivity index (χ2n) is 3.86. The fraction of sp³-hybridized carbons (Fsp3) is 0.133. The third-order valence-corrected chi connectivity index (χ3v) is 4.09. The largest absolute Gasteiger partial charge is 0.294 e. The number of rotatable bonds is 4. The van der Waals surface area contributed by atoms with Gasteiger partial charge in [0, 0.05) is 26.2 Å². The molecule has 0 saturated carbocycles. The Morgan fingerprint density at radius 2 is 1.50 bits per heavy atom. The predicted molar refractivity (Wildman–Crippen MR) is 79.3 cm³/mol. The highest BCUT2D eigenvalue weighted by Crippen LogP contribution is 2.28. The zero-order chi connectivity index (χ0) is 13.0. The van der Waals surface area contributed by atoms with E-state index in [0.29, 0.717) is 6.42 Å². The first-order valence-corrected chi connectivity index (χ1v) is 7.36. The van der Waals surface area contributed by atoms with E-state index in [1.807, 2.05) is 43.3 Å². The SMILES string of the molecule is CCC(=O)c1ccc(Sc2ccc(Br)cc2)cc1. The summed E-state index contributed by atoms with van der Waals surface area (Å²) >= 11 is 5.11. The molecule has 0 aliphatic heterocycles. The standard InChI is InChI=1S/C15H13BrOS/c1-2-15(17)11-3-7-13(8-4-11)18-14-9-5-12(16)6-10-14/h3-10H,2H2,1H3. The molecule has 0 radical (unpaired) electrons. The molecule has 0 amide bonds. The van der Waals surface area contributed by atoms with Crippen molar-refractivity contribution in [3.63, 3.8) is 0 Å².